The molecule has 68 valence electrons. The van der Waals surface area contributed by atoms with E-state index in [4.69, 9.17) is 4.74 Å². The van der Waals surface area contributed by atoms with Crippen molar-refractivity contribution in [1.29, 1.82) is 0 Å². The maximum absolute atomic E-state index is 5.06. The summed E-state index contributed by atoms with van der Waals surface area (Å²) in [5.74, 6) is 0. The summed E-state index contributed by atoms with van der Waals surface area (Å²) >= 11 is 0. The Morgan fingerprint density at radius 3 is 3.08 bits per heavy atom. The monoisotopic (exact) mass is 167 g/mol. The van der Waals surface area contributed by atoms with E-state index >= 15 is 0 Å². The molecule has 0 aromatic rings. The highest BCUT2D eigenvalue weighted by atomic mass is 16.5. The van der Waals surface area contributed by atoms with Crippen LogP contribution in [0.1, 0.15) is 33.1 Å². The number of nitrogens with one attached hydrogen (secondary N) is 1. The Labute approximate surface area is 74.3 Å². The second-order valence-electron chi connectivity index (χ2n) is 3.19. The number of allylic oxidation sites excluding steroid dienone is 1. The minimum Gasteiger partial charge on any atom is -0.471 e. The van der Waals surface area contributed by atoms with E-state index in [0.29, 0.717) is 6.04 Å². The third-order valence-corrected chi connectivity index (χ3v) is 1.88. The predicted molar refractivity (Wildman–Crippen MR) is 50.4 cm³/mol. The van der Waals surface area contributed by atoms with Gasteiger partial charge in [-0.15, -0.1) is 0 Å². The van der Waals surface area contributed by atoms with Gasteiger partial charge in [0, 0.05) is 12.5 Å². The molecule has 0 aromatic carbocycles. The van der Waals surface area contributed by atoms with E-state index in [1.54, 1.807) is 12.5 Å². The lowest BCUT2D eigenvalue weighted by molar-refractivity contribution is 0.376. The summed E-state index contributed by atoms with van der Waals surface area (Å²) in [7, 11) is 0. The fraction of sp³-hybridized carbons (Fsp3) is 0.600. The van der Waals surface area contributed by atoms with Crippen LogP contribution in [0.5, 0.6) is 0 Å². The van der Waals surface area contributed by atoms with Gasteiger partial charge in [-0.1, -0.05) is 13.3 Å². The van der Waals surface area contributed by atoms with Crippen molar-refractivity contribution < 1.29 is 4.74 Å². The molecule has 0 saturated carbocycles. The van der Waals surface area contributed by atoms with Crippen molar-refractivity contribution >= 4 is 0 Å². The molecule has 1 atom stereocenters. The lowest BCUT2D eigenvalue weighted by atomic mass is 10.2. The van der Waals surface area contributed by atoms with Crippen molar-refractivity contribution in [3.8, 4) is 0 Å². The van der Waals surface area contributed by atoms with Gasteiger partial charge in [0.25, 0.3) is 0 Å². The number of ether oxygens (including phenoxy) is 1. The molecule has 1 aliphatic heterocycles. The van der Waals surface area contributed by atoms with Crippen LogP contribution in [0.4, 0.5) is 0 Å². The molecule has 2 nitrogen and oxygen atoms in total. The molecule has 0 aromatic heterocycles. The highest BCUT2D eigenvalue weighted by Gasteiger charge is 2.03. The van der Waals surface area contributed by atoms with Gasteiger partial charge >= 0.3 is 0 Å². The average Bonchev–Trinajstić information content (AvgIpc) is 2.06. The van der Waals surface area contributed by atoms with Crippen LogP contribution in [-0.2, 0) is 4.74 Å². The first-order valence-corrected chi connectivity index (χ1v) is 4.59. The minimum absolute atomic E-state index is 0.552. The molecule has 1 heterocycles. The molecule has 0 bridgehead atoms. The molecule has 0 aliphatic carbocycles. The molecule has 1 aliphatic rings. The molecule has 2 heteroatoms. The van der Waals surface area contributed by atoms with Crippen molar-refractivity contribution in [3.05, 3.63) is 24.3 Å². The van der Waals surface area contributed by atoms with Gasteiger partial charge in [-0.05, 0) is 19.4 Å². The standard InChI is InChI=1S/C10H17NO/c1-3-5-9(2)11-10-6-4-7-12-8-10/h4,7-9,11H,3,5-6H2,1-2H3. The highest BCUT2D eigenvalue weighted by molar-refractivity contribution is 5.06. The van der Waals surface area contributed by atoms with Crippen molar-refractivity contribution in [2.75, 3.05) is 0 Å². The Balaban J connectivity index is 2.25. The smallest absolute Gasteiger partial charge is 0.109 e. The van der Waals surface area contributed by atoms with Crippen LogP contribution in [0.2, 0.25) is 0 Å². The Morgan fingerprint density at radius 1 is 1.67 bits per heavy atom. The van der Waals surface area contributed by atoms with Gasteiger partial charge in [0.15, 0.2) is 0 Å². The molecule has 12 heavy (non-hydrogen) atoms. The summed E-state index contributed by atoms with van der Waals surface area (Å²) < 4.78 is 5.06. The fourth-order valence-electron chi connectivity index (χ4n) is 1.31. The quantitative estimate of drug-likeness (QED) is 0.694. The zero-order valence-corrected chi connectivity index (χ0v) is 7.84. The number of hydrogen-bond acceptors (Lipinski definition) is 2. The van der Waals surface area contributed by atoms with Crippen molar-refractivity contribution in [1.82, 2.24) is 5.32 Å². The van der Waals surface area contributed by atoms with Crippen molar-refractivity contribution in [3.63, 3.8) is 0 Å². The third-order valence-electron chi connectivity index (χ3n) is 1.88. The summed E-state index contributed by atoms with van der Waals surface area (Å²) in [5, 5.41) is 3.40. The first-order valence-electron chi connectivity index (χ1n) is 4.59. The van der Waals surface area contributed by atoms with Gasteiger partial charge in [-0.2, -0.15) is 0 Å². The Morgan fingerprint density at radius 2 is 2.50 bits per heavy atom. The summed E-state index contributed by atoms with van der Waals surface area (Å²) in [5.41, 5.74) is 1.18. The third kappa shape index (κ3) is 2.99. The van der Waals surface area contributed by atoms with Crippen LogP contribution in [0.15, 0.2) is 24.3 Å². The summed E-state index contributed by atoms with van der Waals surface area (Å²) in [6.07, 6.45) is 8.91. The van der Waals surface area contributed by atoms with Gasteiger partial charge in [0.2, 0.25) is 0 Å². The molecule has 1 rings (SSSR count). The molecule has 0 fully saturated rings. The van der Waals surface area contributed by atoms with Gasteiger partial charge < -0.3 is 10.1 Å². The number of hydrogen-bond donors (Lipinski definition) is 1. The Bertz CT molecular complexity index is 184. The van der Waals surface area contributed by atoms with E-state index in [1.807, 2.05) is 6.08 Å². The zero-order valence-electron chi connectivity index (χ0n) is 7.84. The molecular formula is C10H17NO. The van der Waals surface area contributed by atoms with Crippen LogP contribution < -0.4 is 5.32 Å². The van der Waals surface area contributed by atoms with Crippen LogP contribution in [-0.4, -0.2) is 6.04 Å². The summed E-state index contributed by atoms with van der Waals surface area (Å²) in [4.78, 5) is 0. The second kappa shape index (κ2) is 4.86. The first kappa shape index (κ1) is 9.17. The molecular weight excluding hydrogens is 150 g/mol. The van der Waals surface area contributed by atoms with E-state index < -0.39 is 0 Å². The lowest BCUT2D eigenvalue weighted by Crippen LogP contribution is -2.25. The topological polar surface area (TPSA) is 21.3 Å². The van der Waals surface area contributed by atoms with E-state index in [0.717, 1.165) is 6.42 Å². The normalized spacial score (nSPS) is 18.0. The van der Waals surface area contributed by atoms with Crippen LogP contribution in [0, 0.1) is 0 Å². The molecule has 0 radical (unpaired) electrons. The van der Waals surface area contributed by atoms with Crippen molar-refractivity contribution in [2.45, 2.75) is 39.2 Å². The maximum Gasteiger partial charge on any atom is 0.109 e. The van der Waals surface area contributed by atoms with E-state index in [2.05, 4.69) is 19.2 Å². The molecule has 0 spiro atoms. The van der Waals surface area contributed by atoms with Gasteiger partial charge in [-0.3, -0.25) is 0 Å². The molecule has 1 N–H and O–H groups in total. The van der Waals surface area contributed by atoms with E-state index in [9.17, 15) is 0 Å². The SMILES string of the molecule is CCCC(C)NC1=COC=CC1. The molecule has 0 amide bonds. The van der Waals surface area contributed by atoms with Crippen LogP contribution in [0.25, 0.3) is 0 Å². The molecule has 0 saturated heterocycles. The fourth-order valence-corrected chi connectivity index (χ4v) is 1.31. The van der Waals surface area contributed by atoms with E-state index in [1.165, 1.54) is 18.5 Å². The first-order chi connectivity index (χ1) is 5.83. The Kier molecular flexibility index (Phi) is 3.71. The second-order valence-corrected chi connectivity index (χ2v) is 3.19. The van der Waals surface area contributed by atoms with Crippen molar-refractivity contribution in [2.24, 2.45) is 0 Å². The van der Waals surface area contributed by atoms with Gasteiger partial charge in [0.1, 0.15) is 6.26 Å². The largest absolute Gasteiger partial charge is 0.471 e. The maximum atomic E-state index is 5.06. The van der Waals surface area contributed by atoms with Gasteiger partial charge in [-0.25, -0.2) is 0 Å². The predicted octanol–water partition coefficient (Wildman–Crippen LogP) is 2.54. The average molecular weight is 167 g/mol. The van der Waals surface area contributed by atoms with Crippen LogP contribution in [0.3, 0.4) is 0 Å². The minimum atomic E-state index is 0.552. The van der Waals surface area contributed by atoms with Gasteiger partial charge in [0.05, 0.1) is 12.0 Å². The Hall–Kier alpha value is -0.920. The summed E-state index contributed by atoms with van der Waals surface area (Å²) in [6.45, 7) is 4.40. The highest BCUT2D eigenvalue weighted by Crippen LogP contribution is 2.07. The van der Waals surface area contributed by atoms with Crippen LogP contribution >= 0.6 is 0 Å². The van der Waals surface area contributed by atoms with E-state index in [-0.39, 0.29) is 0 Å². The molecule has 1 unspecified atom stereocenters. The lowest BCUT2D eigenvalue weighted by Gasteiger charge is -2.17. The summed E-state index contributed by atoms with van der Waals surface area (Å²) in [6, 6.07) is 0.552. The number of rotatable bonds is 4. The zero-order chi connectivity index (χ0) is 8.81.